The number of nitrogens with zero attached hydrogens (tertiary/aromatic N) is 4. The first-order chi connectivity index (χ1) is 9.39. The minimum Gasteiger partial charge on any atom is -0.463 e. The lowest BCUT2D eigenvalue weighted by Gasteiger charge is -2.28. The minimum absolute atomic E-state index is 0.0424. The number of aromatic nitrogens is 4. The standard InChI is InChI=1S/C13H14N4O3/c1-13(2)4-8-7(9(18)5-13)6-17-12(14-8)15-10(16-17)11(19)20-3/h6H,4-5H2,1-3H3. The topological polar surface area (TPSA) is 86.4 Å². The van der Waals surface area contributed by atoms with Gasteiger partial charge in [0.25, 0.3) is 11.6 Å². The number of hydrogen-bond acceptors (Lipinski definition) is 6. The first-order valence-electron chi connectivity index (χ1n) is 6.27. The zero-order valence-corrected chi connectivity index (χ0v) is 11.5. The molecule has 0 atom stereocenters. The molecule has 3 rings (SSSR count). The Morgan fingerprint density at radius 1 is 1.35 bits per heavy atom. The van der Waals surface area contributed by atoms with E-state index in [2.05, 4.69) is 19.8 Å². The number of hydrogen-bond donors (Lipinski definition) is 0. The molecule has 1 aliphatic carbocycles. The normalized spacial score (nSPS) is 17.1. The summed E-state index contributed by atoms with van der Waals surface area (Å²) >= 11 is 0. The van der Waals surface area contributed by atoms with Gasteiger partial charge in [0.15, 0.2) is 5.78 Å². The molecule has 2 aromatic heterocycles. The zero-order valence-electron chi connectivity index (χ0n) is 11.5. The van der Waals surface area contributed by atoms with Crippen LogP contribution in [0.4, 0.5) is 0 Å². The van der Waals surface area contributed by atoms with Gasteiger partial charge in [-0.15, -0.1) is 5.10 Å². The average molecular weight is 274 g/mol. The molecule has 104 valence electrons. The fourth-order valence-electron chi connectivity index (χ4n) is 2.45. The summed E-state index contributed by atoms with van der Waals surface area (Å²) < 4.78 is 5.92. The zero-order chi connectivity index (χ0) is 14.5. The Morgan fingerprint density at radius 3 is 2.80 bits per heavy atom. The SMILES string of the molecule is COC(=O)c1nc2nc3c(cn2n1)C(=O)CC(C)(C)C3. The van der Waals surface area contributed by atoms with E-state index in [1.54, 1.807) is 6.20 Å². The predicted octanol–water partition coefficient (Wildman–Crippen LogP) is 1.07. The first kappa shape index (κ1) is 12.7. The van der Waals surface area contributed by atoms with Crippen LogP contribution in [0.25, 0.3) is 5.78 Å². The van der Waals surface area contributed by atoms with E-state index in [1.165, 1.54) is 11.6 Å². The van der Waals surface area contributed by atoms with E-state index >= 15 is 0 Å². The molecule has 0 aliphatic heterocycles. The van der Waals surface area contributed by atoms with Crippen LogP contribution in [-0.4, -0.2) is 38.4 Å². The Balaban J connectivity index is 2.15. The molecule has 0 bridgehead atoms. The number of rotatable bonds is 1. The Morgan fingerprint density at radius 2 is 2.10 bits per heavy atom. The largest absolute Gasteiger partial charge is 0.463 e. The number of carbonyl (C=O) groups is 2. The molecular weight excluding hydrogens is 260 g/mol. The van der Waals surface area contributed by atoms with Crippen LogP contribution in [0.15, 0.2) is 6.20 Å². The number of carbonyl (C=O) groups excluding carboxylic acids is 2. The van der Waals surface area contributed by atoms with Crippen molar-refractivity contribution in [3.05, 3.63) is 23.3 Å². The van der Waals surface area contributed by atoms with Crippen molar-refractivity contribution in [2.24, 2.45) is 5.41 Å². The van der Waals surface area contributed by atoms with Crippen LogP contribution in [0.3, 0.4) is 0 Å². The van der Waals surface area contributed by atoms with Gasteiger partial charge in [0.1, 0.15) is 0 Å². The highest BCUT2D eigenvalue weighted by Gasteiger charge is 2.32. The third-order valence-electron chi connectivity index (χ3n) is 3.36. The highest BCUT2D eigenvalue weighted by Crippen LogP contribution is 2.33. The number of fused-ring (bicyclic) bond motifs is 2. The lowest BCUT2D eigenvalue weighted by Crippen LogP contribution is -2.28. The van der Waals surface area contributed by atoms with Gasteiger partial charge in [-0.1, -0.05) is 13.8 Å². The molecule has 0 aromatic carbocycles. The minimum atomic E-state index is -0.625. The monoisotopic (exact) mass is 274 g/mol. The summed E-state index contributed by atoms with van der Waals surface area (Å²) in [5.41, 5.74) is 1.15. The third kappa shape index (κ3) is 1.95. The quantitative estimate of drug-likeness (QED) is 0.723. The molecule has 7 heteroatoms. The van der Waals surface area contributed by atoms with Gasteiger partial charge < -0.3 is 4.74 Å². The molecule has 0 spiro atoms. The lowest BCUT2D eigenvalue weighted by atomic mass is 9.76. The van der Waals surface area contributed by atoms with Crippen LogP contribution < -0.4 is 0 Å². The average Bonchev–Trinajstić information content (AvgIpc) is 2.77. The van der Waals surface area contributed by atoms with Crippen molar-refractivity contribution in [2.45, 2.75) is 26.7 Å². The molecule has 0 amide bonds. The number of ether oxygens (including phenoxy) is 1. The van der Waals surface area contributed by atoms with Gasteiger partial charge in [-0.3, -0.25) is 4.79 Å². The van der Waals surface area contributed by atoms with Crippen molar-refractivity contribution < 1.29 is 14.3 Å². The van der Waals surface area contributed by atoms with Crippen LogP contribution in [0.2, 0.25) is 0 Å². The number of ketones is 1. The van der Waals surface area contributed by atoms with E-state index < -0.39 is 5.97 Å². The maximum absolute atomic E-state index is 12.1. The van der Waals surface area contributed by atoms with Crippen molar-refractivity contribution in [1.82, 2.24) is 19.6 Å². The molecule has 0 saturated heterocycles. The Labute approximate surface area is 115 Å². The van der Waals surface area contributed by atoms with Gasteiger partial charge in [-0.2, -0.15) is 4.98 Å². The second kappa shape index (κ2) is 4.09. The summed E-state index contributed by atoms with van der Waals surface area (Å²) in [5, 5.41) is 3.98. The van der Waals surface area contributed by atoms with Crippen molar-refractivity contribution in [3.8, 4) is 0 Å². The molecular formula is C13H14N4O3. The maximum atomic E-state index is 12.1. The predicted molar refractivity (Wildman–Crippen MR) is 68.6 cm³/mol. The molecule has 1 aliphatic rings. The highest BCUT2D eigenvalue weighted by molar-refractivity contribution is 5.98. The smallest absolute Gasteiger partial charge is 0.378 e. The van der Waals surface area contributed by atoms with Gasteiger partial charge >= 0.3 is 5.97 Å². The van der Waals surface area contributed by atoms with Crippen molar-refractivity contribution >= 4 is 17.5 Å². The molecule has 0 saturated carbocycles. The van der Waals surface area contributed by atoms with Gasteiger partial charge in [-0.05, 0) is 11.8 Å². The van der Waals surface area contributed by atoms with Crippen LogP contribution in [0, 0.1) is 5.41 Å². The van der Waals surface area contributed by atoms with Gasteiger partial charge in [0.05, 0.1) is 18.4 Å². The van der Waals surface area contributed by atoms with Crippen molar-refractivity contribution in [2.75, 3.05) is 7.11 Å². The molecule has 0 N–H and O–H groups in total. The number of Topliss-reactive ketones (excluding diaryl/α,β-unsaturated/α-hetero) is 1. The second-order valence-electron chi connectivity index (χ2n) is 5.71. The highest BCUT2D eigenvalue weighted by atomic mass is 16.5. The van der Waals surface area contributed by atoms with Crippen LogP contribution >= 0.6 is 0 Å². The van der Waals surface area contributed by atoms with Crippen molar-refractivity contribution in [3.63, 3.8) is 0 Å². The van der Waals surface area contributed by atoms with Crippen LogP contribution in [-0.2, 0) is 11.2 Å². The van der Waals surface area contributed by atoms with E-state index in [0.29, 0.717) is 29.9 Å². The van der Waals surface area contributed by atoms with Gasteiger partial charge in [0, 0.05) is 12.6 Å². The fourth-order valence-corrected chi connectivity index (χ4v) is 2.45. The van der Waals surface area contributed by atoms with Crippen LogP contribution in [0.1, 0.15) is 46.9 Å². The summed E-state index contributed by atoms with van der Waals surface area (Å²) in [6, 6.07) is 0. The summed E-state index contributed by atoms with van der Waals surface area (Å²) in [6.07, 6.45) is 2.77. The van der Waals surface area contributed by atoms with E-state index in [-0.39, 0.29) is 17.0 Å². The lowest BCUT2D eigenvalue weighted by molar-refractivity contribution is 0.0587. The Kier molecular flexibility index (Phi) is 2.60. The number of methoxy groups -OCH3 is 1. The third-order valence-corrected chi connectivity index (χ3v) is 3.36. The molecule has 0 fully saturated rings. The molecule has 20 heavy (non-hydrogen) atoms. The van der Waals surface area contributed by atoms with Gasteiger partial charge in [0.2, 0.25) is 0 Å². The fraction of sp³-hybridized carbons (Fsp3) is 0.462. The first-order valence-corrected chi connectivity index (χ1v) is 6.27. The Hall–Kier alpha value is -2.31. The molecule has 0 unspecified atom stereocenters. The Bertz CT molecular complexity index is 733. The van der Waals surface area contributed by atoms with Crippen LogP contribution in [0.5, 0.6) is 0 Å². The molecule has 0 radical (unpaired) electrons. The molecule has 2 heterocycles. The molecule has 7 nitrogen and oxygen atoms in total. The van der Waals surface area contributed by atoms with Gasteiger partial charge in [-0.25, -0.2) is 14.3 Å². The summed E-state index contributed by atoms with van der Waals surface area (Å²) in [5.74, 6) is -0.343. The maximum Gasteiger partial charge on any atom is 0.378 e. The summed E-state index contributed by atoms with van der Waals surface area (Å²) in [7, 11) is 1.26. The van der Waals surface area contributed by atoms with E-state index in [1.807, 2.05) is 13.8 Å². The molecule has 2 aromatic rings. The van der Waals surface area contributed by atoms with Crippen molar-refractivity contribution in [1.29, 1.82) is 0 Å². The summed E-state index contributed by atoms with van der Waals surface area (Å²) in [6.45, 7) is 4.06. The van der Waals surface area contributed by atoms with E-state index in [4.69, 9.17) is 0 Å². The summed E-state index contributed by atoms with van der Waals surface area (Å²) in [4.78, 5) is 31.9. The van der Waals surface area contributed by atoms with E-state index in [0.717, 1.165) is 0 Å². The van der Waals surface area contributed by atoms with E-state index in [9.17, 15) is 9.59 Å². The number of esters is 1. The second-order valence-corrected chi connectivity index (χ2v) is 5.71.